The van der Waals surface area contributed by atoms with E-state index in [1.807, 2.05) is 0 Å². The Morgan fingerprint density at radius 2 is 2.24 bits per heavy atom. The van der Waals surface area contributed by atoms with Crippen molar-refractivity contribution >= 4 is 5.91 Å². The molecule has 1 aromatic carbocycles. The van der Waals surface area contributed by atoms with Crippen LogP contribution >= 0.6 is 0 Å². The molecule has 0 spiro atoms. The van der Waals surface area contributed by atoms with Gasteiger partial charge in [-0.2, -0.15) is 0 Å². The van der Waals surface area contributed by atoms with E-state index in [-0.39, 0.29) is 23.1 Å². The molecule has 7 heteroatoms. The standard InChI is InChI=1S/C14H14FN3O3/c1-9(2)17-14(19)12-5-10(15)3-4-13(12)21-11-6-16-8-18(20)7-11/h3-9H,1-2H3,(H,17,19). The maximum Gasteiger partial charge on any atom is 0.289 e. The number of halogens is 1. The molecule has 1 heterocycles. The van der Waals surface area contributed by atoms with Crippen LogP contribution in [0.25, 0.3) is 0 Å². The Kier molecular flexibility index (Phi) is 4.32. The Labute approximate surface area is 120 Å². The first-order valence-corrected chi connectivity index (χ1v) is 6.28. The maximum absolute atomic E-state index is 13.3. The highest BCUT2D eigenvalue weighted by Gasteiger charge is 2.16. The molecular weight excluding hydrogens is 277 g/mol. The van der Waals surface area contributed by atoms with Gasteiger partial charge in [-0.25, -0.2) is 9.12 Å². The average molecular weight is 291 g/mol. The highest BCUT2D eigenvalue weighted by Crippen LogP contribution is 2.25. The van der Waals surface area contributed by atoms with Crippen molar-refractivity contribution in [2.24, 2.45) is 0 Å². The van der Waals surface area contributed by atoms with Crippen LogP contribution in [0.3, 0.4) is 0 Å². The highest BCUT2D eigenvalue weighted by molar-refractivity contribution is 5.97. The summed E-state index contributed by atoms with van der Waals surface area (Å²) in [4.78, 5) is 15.7. The van der Waals surface area contributed by atoms with Crippen LogP contribution in [0.1, 0.15) is 24.2 Å². The normalized spacial score (nSPS) is 10.5. The van der Waals surface area contributed by atoms with Gasteiger partial charge < -0.3 is 15.3 Å². The lowest BCUT2D eigenvalue weighted by atomic mass is 10.1. The molecule has 0 saturated carbocycles. The van der Waals surface area contributed by atoms with E-state index in [4.69, 9.17) is 4.74 Å². The number of rotatable bonds is 4. The van der Waals surface area contributed by atoms with Gasteiger partial charge in [0, 0.05) is 6.04 Å². The fourth-order valence-corrected chi connectivity index (χ4v) is 1.65. The minimum Gasteiger partial charge on any atom is -0.711 e. The number of nitrogens with zero attached hydrogens (tertiary/aromatic N) is 2. The fourth-order valence-electron chi connectivity index (χ4n) is 1.65. The lowest BCUT2D eigenvalue weighted by molar-refractivity contribution is -0.609. The molecule has 6 nitrogen and oxygen atoms in total. The van der Waals surface area contributed by atoms with Crippen molar-refractivity contribution in [1.29, 1.82) is 0 Å². The third kappa shape index (κ3) is 3.88. The number of hydrogen-bond donors (Lipinski definition) is 1. The van der Waals surface area contributed by atoms with E-state index in [2.05, 4.69) is 10.3 Å². The molecule has 0 radical (unpaired) electrons. The molecule has 0 aliphatic carbocycles. The summed E-state index contributed by atoms with van der Waals surface area (Å²) in [5.74, 6) is -0.722. The predicted octanol–water partition coefficient (Wildman–Crippen LogP) is 1.78. The number of nitrogens with one attached hydrogen (secondary N) is 1. The highest BCUT2D eigenvalue weighted by atomic mass is 19.1. The summed E-state index contributed by atoms with van der Waals surface area (Å²) >= 11 is 0. The Hall–Kier alpha value is -2.70. The summed E-state index contributed by atoms with van der Waals surface area (Å²) in [5.41, 5.74) is 0.0463. The topological polar surface area (TPSA) is 78.2 Å². The van der Waals surface area contributed by atoms with Gasteiger partial charge in [-0.15, -0.1) is 0 Å². The lowest BCUT2D eigenvalue weighted by Crippen LogP contribution is -2.30. The van der Waals surface area contributed by atoms with Crippen LogP contribution in [-0.4, -0.2) is 16.9 Å². The van der Waals surface area contributed by atoms with E-state index in [0.29, 0.717) is 4.73 Å². The summed E-state index contributed by atoms with van der Waals surface area (Å²) in [6, 6.07) is 3.47. The average Bonchev–Trinajstić information content (AvgIpc) is 2.40. The van der Waals surface area contributed by atoms with Gasteiger partial charge in [0.2, 0.25) is 5.75 Å². The zero-order chi connectivity index (χ0) is 15.4. The fraction of sp³-hybridized carbons (Fsp3) is 0.214. The molecule has 0 atom stereocenters. The summed E-state index contributed by atoms with van der Waals surface area (Å²) in [6.45, 7) is 3.58. The number of carbonyl (C=O) groups is 1. The van der Waals surface area contributed by atoms with Crippen molar-refractivity contribution in [1.82, 2.24) is 10.3 Å². The first-order valence-electron chi connectivity index (χ1n) is 6.28. The zero-order valence-corrected chi connectivity index (χ0v) is 11.5. The third-order valence-corrected chi connectivity index (χ3v) is 2.47. The molecule has 1 aromatic heterocycles. The number of aromatic nitrogens is 2. The summed E-state index contributed by atoms with van der Waals surface area (Å²) < 4.78 is 19.2. The van der Waals surface area contributed by atoms with Crippen LogP contribution in [0, 0.1) is 11.0 Å². The van der Waals surface area contributed by atoms with E-state index in [1.165, 1.54) is 18.3 Å². The molecule has 0 aliphatic heterocycles. The van der Waals surface area contributed by atoms with Crippen LogP contribution in [-0.2, 0) is 0 Å². The number of hydrogen-bond acceptors (Lipinski definition) is 4. The van der Waals surface area contributed by atoms with Gasteiger partial charge >= 0.3 is 0 Å². The first kappa shape index (κ1) is 14.7. The minimum absolute atomic E-state index is 0.0463. The first-order chi connectivity index (χ1) is 9.95. The van der Waals surface area contributed by atoms with Crippen LogP contribution < -0.4 is 14.8 Å². The van der Waals surface area contributed by atoms with Crippen molar-refractivity contribution in [3.8, 4) is 11.5 Å². The van der Waals surface area contributed by atoms with Gasteiger partial charge in [0.05, 0.1) is 5.56 Å². The van der Waals surface area contributed by atoms with Crippen LogP contribution in [0.2, 0.25) is 0 Å². The number of benzene rings is 1. The molecule has 0 aliphatic rings. The quantitative estimate of drug-likeness (QED) is 0.688. The van der Waals surface area contributed by atoms with Gasteiger partial charge in [0.15, 0.2) is 6.20 Å². The van der Waals surface area contributed by atoms with Gasteiger partial charge in [-0.05, 0) is 32.0 Å². The molecule has 1 amide bonds. The van der Waals surface area contributed by atoms with E-state index in [1.54, 1.807) is 13.8 Å². The largest absolute Gasteiger partial charge is 0.711 e. The number of carbonyl (C=O) groups excluding carboxylic acids is 1. The Bertz CT molecular complexity index is 662. The van der Waals surface area contributed by atoms with E-state index < -0.39 is 11.7 Å². The molecule has 2 rings (SSSR count). The maximum atomic E-state index is 13.3. The molecule has 0 saturated heterocycles. The molecule has 0 unspecified atom stereocenters. The summed E-state index contributed by atoms with van der Waals surface area (Å²) in [6.07, 6.45) is 3.53. The Balaban J connectivity index is 2.32. The van der Waals surface area contributed by atoms with Crippen LogP contribution in [0.4, 0.5) is 4.39 Å². The molecule has 0 fully saturated rings. The Morgan fingerprint density at radius 3 is 2.90 bits per heavy atom. The Morgan fingerprint density at radius 1 is 1.48 bits per heavy atom. The monoisotopic (exact) mass is 291 g/mol. The molecule has 0 bridgehead atoms. The molecular formula is C14H14FN3O3. The van der Waals surface area contributed by atoms with Gasteiger partial charge in [-0.3, -0.25) is 4.79 Å². The van der Waals surface area contributed by atoms with Crippen molar-refractivity contribution in [2.75, 3.05) is 0 Å². The van der Waals surface area contributed by atoms with Crippen molar-refractivity contribution in [3.63, 3.8) is 0 Å². The van der Waals surface area contributed by atoms with E-state index in [9.17, 15) is 14.4 Å². The summed E-state index contributed by atoms with van der Waals surface area (Å²) in [5, 5.41) is 13.8. The minimum atomic E-state index is -0.554. The van der Waals surface area contributed by atoms with Crippen molar-refractivity contribution < 1.29 is 18.7 Å². The molecule has 21 heavy (non-hydrogen) atoms. The number of ether oxygens (including phenoxy) is 1. The van der Waals surface area contributed by atoms with Gasteiger partial charge in [0.1, 0.15) is 17.8 Å². The van der Waals surface area contributed by atoms with E-state index in [0.717, 1.165) is 18.6 Å². The molecule has 2 aromatic rings. The van der Waals surface area contributed by atoms with Crippen molar-refractivity contribution in [3.05, 3.63) is 53.5 Å². The molecule has 110 valence electrons. The second-order valence-electron chi connectivity index (χ2n) is 4.66. The second kappa shape index (κ2) is 6.17. The van der Waals surface area contributed by atoms with Crippen LogP contribution in [0.15, 0.2) is 36.9 Å². The van der Waals surface area contributed by atoms with Crippen LogP contribution in [0.5, 0.6) is 11.5 Å². The predicted molar refractivity (Wildman–Crippen MR) is 72.3 cm³/mol. The lowest BCUT2D eigenvalue weighted by Gasteiger charge is -2.12. The summed E-state index contributed by atoms with van der Waals surface area (Å²) in [7, 11) is 0. The van der Waals surface area contributed by atoms with Gasteiger partial charge in [-0.1, -0.05) is 4.98 Å². The zero-order valence-electron chi connectivity index (χ0n) is 11.5. The SMILES string of the molecule is CC(C)NC(=O)c1cc(F)ccc1Oc1cnc[n+]([O-])c1. The van der Waals surface area contributed by atoms with Gasteiger partial charge in [0.25, 0.3) is 12.2 Å². The third-order valence-electron chi connectivity index (χ3n) is 2.47. The second-order valence-corrected chi connectivity index (χ2v) is 4.66. The number of amides is 1. The smallest absolute Gasteiger partial charge is 0.289 e. The van der Waals surface area contributed by atoms with E-state index >= 15 is 0 Å². The van der Waals surface area contributed by atoms with Crippen molar-refractivity contribution in [2.45, 2.75) is 19.9 Å². The molecule has 1 N–H and O–H groups in total.